The Hall–Kier alpha value is -1.06. The lowest BCUT2D eigenvalue weighted by Crippen LogP contribution is -2.39. The molecule has 2 aliphatic carbocycles. The molecular formula is C15H25NO3. The Morgan fingerprint density at radius 1 is 1.21 bits per heavy atom. The van der Waals surface area contributed by atoms with Crippen molar-refractivity contribution in [3.8, 4) is 0 Å². The molecule has 0 aliphatic heterocycles. The molecule has 0 spiro atoms. The Kier molecular flexibility index (Phi) is 4.48. The quantitative estimate of drug-likeness (QED) is 0.692. The van der Waals surface area contributed by atoms with Gasteiger partial charge < -0.3 is 9.64 Å². The third-order valence-corrected chi connectivity index (χ3v) is 4.30. The van der Waals surface area contributed by atoms with Crippen molar-refractivity contribution in [1.29, 1.82) is 0 Å². The van der Waals surface area contributed by atoms with Crippen molar-refractivity contribution >= 4 is 11.9 Å². The summed E-state index contributed by atoms with van der Waals surface area (Å²) >= 11 is 0. The van der Waals surface area contributed by atoms with Crippen LogP contribution in [0.3, 0.4) is 0 Å². The summed E-state index contributed by atoms with van der Waals surface area (Å²) in [7, 11) is 1.39. The maximum atomic E-state index is 12.5. The lowest BCUT2D eigenvalue weighted by atomic mass is 10.0. The monoisotopic (exact) mass is 267 g/mol. The van der Waals surface area contributed by atoms with Crippen LogP contribution in [0.5, 0.6) is 0 Å². The Balaban J connectivity index is 1.87. The van der Waals surface area contributed by atoms with Gasteiger partial charge in [0.1, 0.15) is 0 Å². The molecular weight excluding hydrogens is 242 g/mol. The molecule has 2 unspecified atom stereocenters. The zero-order valence-corrected chi connectivity index (χ0v) is 12.2. The van der Waals surface area contributed by atoms with Gasteiger partial charge in [0.2, 0.25) is 5.91 Å². The minimum Gasteiger partial charge on any atom is -0.469 e. The van der Waals surface area contributed by atoms with Crippen LogP contribution in [0.4, 0.5) is 0 Å². The fourth-order valence-electron chi connectivity index (χ4n) is 3.24. The maximum absolute atomic E-state index is 12.5. The molecule has 108 valence electrons. The molecule has 0 heterocycles. The molecule has 0 N–H and O–H groups in total. The summed E-state index contributed by atoms with van der Waals surface area (Å²) in [6.07, 6.45) is 3.76. The molecule has 4 nitrogen and oxygen atoms in total. The van der Waals surface area contributed by atoms with Crippen LogP contribution in [0.25, 0.3) is 0 Å². The standard InChI is InChI=1S/C15H25NO3/c1-10(2)9-16(5-4-14(17)19-3)15(18)13-7-11-6-12(11)8-13/h10-13H,4-9H2,1-3H3. The molecule has 2 fully saturated rings. The number of nitrogens with zero attached hydrogens (tertiary/aromatic N) is 1. The first-order valence-electron chi connectivity index (χ1n) is 7.36. The summed E-state index contributed by atoms with van der Waals surface area (Å²) in [5.74, 6) is 2.28. The van der Waals surface area contributed by atoms with Crippen molar-refractivity contribution in [2.75, 3.05) is 20.2 Å². The summed E-state index contributed by atoms with van der Waals surface area (Å²) in [6.45, 7) is 5.44. The number of rotatable bonds is 6. The largest absolute Gasteiger partial charge is 0.469 e. The van der Waals surface area contributed by atoms with Crippen molar-refractivity contribution in [3.05, 3.63) is 0 Å². The second-order valence-corrected chi connectivity index (χ2v) is 6.43. The van der Waals surface area contributed by atoms with E-state index in [1.807, 2.05) is 4.90 Å². The SMILES string of the molecule is COC(=O)CCN(CC(C)C)C(=O)C1CC2CC2C1. The highest BCUT2D eigenvalue weighted by atomic mass is 16.5. The van der Waals surface area contributed by atoms with Gasteiger partial charge in [-0.1, -0.05) is 13.8 Å². The molecule has 0 aromatic rings. The molecule has 0 radical (unpaired) electrons. The maximum Gasteiger partial charge on any atom is 0.307 e. The van der Waals surface area contributed by atoms with Crippen molar-refractivity contribution in [2.45, 2.75) is 39.5 Å². The number of carbonyl (C=O) groups excluding carboxylic acids is 2. The predicted octanol–water partition coefficient (Wildman–Crippen LogP) is 2.08. The molecule has 4 heteroatoms. The number of ether oxygens (including phenoxy) is 1. The topological polar surface area (TPSA) is 46.6 Å². The van der Waals surface area contributed by atoms with Crippen LogP contribution < -0.4 is 0 Å². The van der Waals surface area contributed by atoms with E-state index in [2.05, 4.69) is 18.6 Å². The summed E-state index contributed by atoms with van der Waals surface area (Å²) < 4.78 is 4.66. The van der Waals surface area contributed by atoms with Gasteiger partial charge in [-0.15, -0.1) is 0 Å². The van der Waals surface area contributed by atoms with Crippen LogP contribution in [0.2, 0.25) is 0 Å². The van der Waals surface area contributed by atoms with Gasteiger partial charge in [-0.25, -0.2) is 0 Å². The molecule has 0 saturated heterocycles. The number of hydrogen-bond acceptors (Lipinski definition) is 3. The Bertz CT molecular complexity index is 343. The second kappa shape index (κ2) is 5.93. The second-order valence-electron chi connectivity index (χ2n) is 6.43. The molecule has 2 rings (SSSR count). The van der Waals surface area contributed by atoms with Gasteiger partial charge in [0.15, 0.2) is 0 Å². The van der Waals surface area contributed by atoms with Crippen molar-refractivity contribution < 1.29 is 14.3 Å². The number of amides is 1. The van der Waals surface area contributed by atoms with Crippen LogP contribution in [0.1, 0.15) is 39.5 Å². The highest BCUT2D eigenvalue weighted by Gasteiger charge is 2.48. The van der Waals surface area contributed by atoms with Crippen molar-refractivity contribution in [1.82, 2.24) is 4.90 Å². The zero-order valence-electron chi connectivity index (χ0n) is 12.2. The Labute approximate surface area is 115 Å². The minimum atomic E-state index is -0.240. The van der Waals surface area contributed by atoms with Crippen molar-refractivity contribution in [2.24, 2.45) is 23.7 Å². The Morgan fingerprint density at radius 2 is 1.84 bits per heavy atom. The van der Waals surface area contributed by atoms with E-state index in [4.69, 9.17) is 0 Å². The normalized spacial score (nSPS) is 28.1. The molecule has 0 aromatic carbocycles. The van der Waals surface area contributed by atoms with Gasteiger partial charge >= 0.3 is 5.97 Å². The minimum absolute atomic E-state index is 0.208. The van der Waals surface area contributed by atoms with E-state index >= 15 is 0 Å². The predicted molar refractivity (Wildman–Crippen MR) is 72.4 cm³/mol. The highest BCUT2D eigenvalue weighted by molar-refractivity contribution is 5.80. The molecule has 0 aromatic heterocycles. The fraction of sp³-hybridized carbons (Fsp3) is 0.867. The molecule has 0 bridgehead atoms. The first-order chi connectivity index (χ1) is 9.01. The molecule has 2 atom stereocenters. The number of methoxy groups -OCH3 is 1. The lowest BCUT2D eigenvalue weighted by Gasteiger charge is -2.27. The number of esters is 1. The first-order valence-corrected chi connectivity index (χ1v) is 7.36. The third kappa shape index (κ3) is 3.71. The molecule has 19 heavy (non-hydrogen) atoms. The summed E-state index contributed by atoms with van der Waals surface area (Å²) in [5.41, 5.74) is 0. The van der Waals surface area contributed by atoms with Crippen LogP contribution >= 0.6 is 0 Å². The number of hydrogen-bond donors (Lipinski definition) is 0. The average Bonchev–Trinajstić information content (AvgIpc) is 2.99. The summed E-state index contributed by atoms with van der Waals surface area (Å²) in [4.78, 5) is 25.6. The van der Waals surface area contributed by atoms with E-state index < -0.39 is 0 Å². The van der Waals surface area contributed by atoms with Gasteiger partial charge in [0.25, 0.3) is 0 Å². The Morgan fingerprint density at radius 3 is 2.37 bits per heavy atom. The average molecular weight is 267 g/mol. The van der Waals surface area contributed by atoms with Gasteiger partial charge in [-0.2, -0.15) is 0 Å². The van der Waals surface area contributed by atoms with E-state index in [1.165, 1.54) is 13.5 Å². The van der Waals surface area contributed by atoms with E-state index in [0.29, 0.717) is 18.9 Å². The van der Waals surface area contributed by atoms with E-state index in [-0.39, 0.29) is 17.8 Å². The van der Waals surface area contributed by atoms with Gasteiger partial charge in [-0.3, -0.25) is 9.59 Å². The highest BCUT2D eigenvalue weighted by Crippen LogP contribution is 2.54. The van der Waals surface area contributed by atoms with Crippen LogP contribution in [0, 0.1) is 23.7 Å². The number of fused-ring (bicyclic) bond motifs is 1. The molecule has 2 saturated carbocycles. The molecule has 2 aliphatic rings. The molecule has 1 amide bonds. The van der Waals surface area contributed by atoms with Gasteiger partial charge in [-0.05, 0) is 37.0 Å². The van der Waals surface area contributed by atoms with Crippen LogP contribution in [-0.4, -0.2) is 37.0 Å². The summed E-state index contributed by atoms with van der Waals surface area (Å²) in [6, 6.07) is 0. The number of carbonyl (C=O) groups is 2. The van der Waals surface area contributed by atoms with Crippen LogP contribution in [-0.2, 0) is 14.3 Å². The fourth-order valence-corrected chi connectivity index (χ4v) is 3.24. The zero-order chi connectivity index (χ0) is 14.0. The van der Waals surface area contributed by atoms with E-state index in [1.54, 1.807) is 0 Å². The summed E-state index contributed by atoms with van der Waals surface area (Å²) in [5, 5.41) is 0. The third-order valence-electron chi connectivity index (χ3n) is 4.30. The first kappa shape index (κ1) is 14.4. The van der Waals surface area contributed by atoms with Crippen LogP contribution in [0.15, 0.2) is 0 Å². The van der Waals surface area contributed by atoms with Gasteiger partial charge in [0, 0.05) is 19.0 Å². The van der Waals surface area contributed by atoms with E-state index in [9.17, 15) is 9.59 Å². The van der Waals surface area contributed by atoms with Gasteiger partial charge in [0.05, 0.1) is 13.5 Å². The smallest absolute Gasteiger partial charge is 0.307 e. The van der Waals surface area contributed by atoms with E-state index in [0.717, 1.165) is 31.2 Å². The lowest BCUT2D eigenvalue weighted by molar-refractivity contribution is -0.142. The van der Waals surface area contributed by atoms with Crippen molar-refractivity contribution in [3.63, 3.8) is 0 Å².